The van der Waals surface area contributed by atoms with Crippen LogP contribution in [-0.4, -0.2) is 18.2 Å². The summed E-state index contributed by atoms with van der Waals surface area (Å²) in [4.78, 5) is 0. The van der Waals surface area contributed by atoms with Gasteiger partial charge in [0.05, 0.1) is 28.9 Å². The first-order valence-corrected chi connectivity index (χ1v) is 7.42. The molecule has 1 saturated carbocycles. The van der Waals surface area contributed by atoms with Gasteiger partial charge in [0.15, 0.2) is 9.84 Å². The number of sulfone groups is 1. The van der Waals surface area contributed by atoms with E-state index in [2.05, 4.69) is 5.10 Å². The average Bonchev–Trinajstić information content (AvgIpc) is 2.53. The Morgan fingerprint density at radius 2 is 2.12 bits per heavy atom. The Bertz CT molecular complexity index is 529. The van der Waals surface area contributed by atoms with Gasteiger partial charge in [-0.1, -0.05) is 0 Å². The van der Waals surface area contributed by atoms with Crippen LogP contribution in [0.1, 0.15) is 42.3 Å². The molecule has 3 rings (SSSR count). The van der Waals surface area contributed by atoms with Gasteiger partial charge in [-0.2, -0.15) is 5.10 Å². The number of hydrogen-bond acceptors (Lipinski definition) is 4. The summed E-state index contributed by atoms with van der Waals surface area (Å²) in [6, 6.07) is 0.451. The van der Waals surface area contributed by atoms with Crippen molar-refractivity contribution < 1.29 is 8.42 Å². The van der Waals surface area contributed by atoms with Gasteiger partial charge in [-0.05, 0) is 19.3 Å². The van der Waals surface area contributed by atoms with Gasteiger partial charge in [-0.25, -0.2) is 8.42 Å². The van der Waals surface area contributed by atoms with Crippen LogP contribution in [0.15, 0.2) is 0 Å². The van der Waals surface area contributed by atoms with Crippen LogP contribution in [0.25, 0.3) is 0 Å². The summed E-state index contributed by atoms with van der Waals surface area (Å²) in [6.45, 7) is 0.383. The molecular weight excluding hydrogens is 226 g/mol. The molecule has 2 heterocycles. The summed E-state index contributed by atoms with van der Waals surface area (Å²) in [5.41, 5.74) is 8.25. The van der Waals surface area contributed by atoms with Crippen molar-refractivity contribution in [2.75, 3.05) is 0 Å². The zero-order valence-corrected chi connectivity index (χ0v) is 9.83. The fraction of sp³-hybridized carbons (Fsp3) is 0.700. The van der Waals surface area contributed by atoms with E-state index in [1.54, 1.807) is 0 Å². The van der Waals surface area contributed by atoms with Gasteiger partial charge in [0.25, 0.3) is 0 Å². The molecule has 0 saturated heterocycles. The molecule has 5 nitrogen and oxygen atoms in total. The minimum atomic E-state index is -2.96. The molecule has 1 aliphatic carbocycles. The van der Waals surface area contributed by atoms with Gasteiger partial charge >= 0.3 is 0 Å². The normalized spacial score (nSPS) is 23.1. The van der Waals surface area contributed by atoms with E-state index in [0.29, 0.717) is 12.6 Å². The van der Waals surface area contributed by atoms with Crippen LogP contribution in [0.3, 0.4) is 0 Å². The standard InChI is InChI=1S/C10H15N3O2S/c11-4-10-8-5-16(14,15)6-9(8)12-13(10)7-2-1-3-7/h7H,1-6,11H2. The maximum absolute atomic E-state index is 11.5. The van der Waals surface area contributed by atoms with Gasteiger partial charge in [-0.3, -0.25) is 4.68 Å². The molecule has 1 aromatic rings. The monoisotopic (exact) mass is 241 g/mol. The van der Waals surface area contributed by atoms with Crippen LogP contribution in [-0.2, 0) is 27.9 Å². The molecule has 88 valence electrons. The molecule has 1 aromatic heterocycles. The average molecular weight is 241 g/mol. The second-order valence-corrected chi connectivity index (χ2v) is 6.70. The van der Waals surface area contributed by atoms with Gasteiger partial charge in [0, 0.05) is 12.1 Å². The zero-order valence-electron chi connectivity index (χ0n) is 9.02. The molecule has 0 radical (unpaired) electrons. The fourth-order valence-corrected chi connectivity index (χ4v) is 3.99. The summed E-state index contributed by atoms with van der Waals surface area (Å²) < 4.78 is 25.0. The fourth-order valence-electron chi connectivity index (χ4n) is 2.47. The molecule has 0 unspecified atom stereocenters. The van der Waals surface area contributed by atoms with Crippen molar-refractivity contribution in [2.45, 2.75) is 43.4 Å². The number of nitrogens with zero attached hydrogens (tertiary/aromatic N) is 2. The van der Waals surface area contributed by atoms with Crippen LogP contribution in [0, 0.1) is 0 Å². The van der Waals surface area contributed by atoms with Crippen LogP contribution < -0.4 is 5.73 Å². The van der Waals surface area contributed by atoms with Crippen molar-refractivity contribution in [3.05, 3.63) is 17.0 Å². The lowest BCUT2D eigenvalue weighted by molar-refractivity contribution is 0.281. The summed E-state index contributed by atoms with van der Waals surface area (Å²) in [7, 11) is -2.96. The summed E-state index contributed by atoms with van der Waals surface area (Å²) in [6.07, 6.45) is 3.51. The molecule has 0 bridgehead atoms. The Labute approximate surface area is 94.5 Å². The van der Waals surface area contributed by atoms with Crippen molar-refractivity contribution in [1.29, 1.82) is 0 Å². The highest BCUT2D eigenvalue weighted by molar-refractivity contribution is 7.90. The second-order valence-electron chi connectivity index (χ2n) is 4.64. The maximum atomic E-state index is 11.5. The topological polar surface area (TPSA) is 78.0 Å². The molecular formula is C10H15N3O2S. The Kier molecular flexibility index (Phi) is 2.12. The smallest absolute Gasteiger partial charge is 0.160 e. The lowest BCUT2D eigenvalue weighted by Crippen LogP contribution is -2.22. The Hall–Kier alpha value is -0.880. The van der Waals surface area contributed by atoms with E-state index >= 15 is 0 Å². The van der Waals surface area contributed by atoms with E-state index in [1.165, 1.54) is 6.42 Å². The number of rotatable bonds is 2. The van der Waals surface area contributed by atoms with E-state index in [9.17, 15) is 8.42 Å². The molecule has 2 N–H and O–H groups in total. The zero-order chi connectivity index (χ0) is 11.3. The van der Waals surface area contributed by atoms with Crippen LogP contribution in [0.5, 0.6) is 0 Å². The highest BCUT2D eigenvalue weighted by Gasteiger charge is 2.34. The molecule has 1 fully saturated rings. The number of nitrogens with two attached hydrogens (primary N) is 1. The van der Waals surface area contributed by atoms with Crippen molar-refractivity contribution in [1.82, 2.24) is 9.78 Å². The van der Waals surface area contributed by atoms with E-state index in [1.807, 2.05) is 4.68 Å². The first kappa shape index (κ1) is 10.3. The third-order valence-electron chi connectivity index (χ3n) is 3.54. The molecule has 0 aromatic carbocycles. The Morgan fingerprint density at radius 1 is 1.38 bits per heavy atom. The van der Waals surface area contributed by atoms with Crippen molar-refractivity contribution in [2.24, 2.45) is 5.73 Å². The summed E-state index contributed by atoms with van der Waals surface area (Å²) >= 11 is 0. The predicted molar refractivity (Wildman–Crippen MR) is 59.3 cm³/mol. The van der Waals surface area contributed by atoms with Crippen molar-refractivity contribution in [3.8, 4) is 0 Å². The molecule has 2 aliphatic rings. The van der Waals surface area contributed by atoms with Crippen LogP contribution in [0.2, 0.25) is 0 Å². The van der Waals surface area contributed by atoms with E-state index in [4.69, 9.17) is 5.73 Å². The van der Waals surface area contributed by atoms with Crippen molar-refractivity contribution in [3.63, 3.8) is 0 Å². The third-order valence-corrected chi connectivity index (χ3v) is 4.98. The van der Waals surface area contributed by atoms with Crippen LogP contribution >= 0.6 is 0 Å². The third kappa shape index (κ3) is 1.40. The molecule has 16 heavy (non-hydrogen) atoms. The van der Waals surface area contributed by atoms with Gasteiger partial charge in [0.2, 0.25) is 0 Å². The van der Waals surface area contributed by atoms with E-state index in [0.717, 1.165) is 29.8 Å². The van der Waals surface area contributed by atoms with Gasteiger partial charge in [0.1, 0.15) is 0 Å². The number of aromatic nitrogens is 2. The van der Waals surface area contributed by atoms with Gasteiger partial charge < -0.3 is 5.73 Å². The lowest BCUT2D eigenvalue weighted by atomic mass is 9.93. The van der Waals surface area contributed by atoms with Crippen LogP contribution in [0.4, 0.5) is 0 Å². The quantitative estimate of drug-likeness (QED) is 0.817. The molecule has 1 aliphatic heterocycles. The first-order chi connectivity index (χ1) is 7.61. The lowest BCUT2D eigenvalue weighted by Gasteiger charge is -2.27. The minimum absolute atomic E-state index is 0.0923. The number of fused-ring (bicyclic) bond motifs is 1. The molecule has 0 amide bonds. The second kappa shape index (κ2) is 3.30. The van der Waals surface area contributed by atoms with Gasteiger partial charge in [-0.15, -0.1) is 0 Å². The molecule has 6 heteroatoms. The maximum Gasteiger partial charge on any atom is 0.160 e. The largest absolute Gasteiger partial charge is 0.325 e. The minimum Gasteiger partial charge on any atom is -0.325 e. The SMILES string of the molecule is NCc1c2c(nn1C1CCC1)CS(=O)(=O)C2. The Balaban J connectivity index is 2.05. The van der Waals surface area contributed by atoms with Crippen molar-refractivity contribution >= 4 is 9.84 Å². The Morgan fingerprint density at radius 3 is 2.69 bits per heavy atom. The van der Waals surface area contributed by atoms with E-state index in [-0.39, 0.29) is 11.5 Å². The highest BCUT2D eigenvalue weighted by Crippen LogP contribution is 2.36. The summed E-state index contributed by atoms with van der Waals surface area (Å²) in [5, 5.41) is 4.44. The predicted octanol–water partition coefficient (Wildman–Crippen LogP) is 0.495. The number of hydrogen-bond donors (Lipinski definition) is 1. The molecule has 0 spiro atoms. The first-order valence-electron chi connectivity index (χ1n) is 5.60. The van der Waals surface area contributed by atoms with E-state index < -0.39 is 9.84 Å². The molecule has 0 atom stereocenters. The summed E-state index contributed by atoms with van der Waals surface area (Å²) in [5.74, 6) is 0.219. The highest BCUT2D eigenvalue weighted by atomic mass is 32.2.